The molecule has 1 saturated heterocycles. The van der Waals surface area contributed by atoms with Crippen LogP contribution in [0.15, 0.2) is 28.4 Å². The summed E-state index contributed by atoms with van der Waals surface area (Å²) in [5.74, 6) is 1.76. The quantitative estimate of drug-likeness (QED) is 0.478. The van der Waals surface area contributed by atoms with Crippen molar-refractivity contribution in [2.24, 2.45) is 0 Å². The van der Waals surface area contributed by atoms with Crippen LogP contribution in [-0.2, 0) is 4.79 Å². The van der Waals surface area contributed by atoms with Crippen LogP contribution in [0.1, 0.15) is 92.3 Å². The number of halogens is 1. The van der Waals surface area contributed by atoms with Crippen LogP contribution >= 0.6 is 0 Å². The van der Waals surface area contributed by atoms with E-state index in [9.17, 15) is 4.79 Å². The van der Waals surface area contributed by atoms with E-state index >= 15 is 0 Å². The monoisotopic (exact) mass is 525 g/mol. The van der Waals surface area contributed by atoms with Gasteiger partial charge in [-0.15, -0.1) is 0 Å². The van der Waals surface area contributed by atoms with Gasteiger partial charge in [-0.1, -0.05) is 0 Å². The van der Waals surface area contributed by atoms with Gasteiger partial charge in [-0.2, -0.15) is 0 Å². The van der Waals surface area contributed by atoms with Crippen LogP contribution in [0.5, 0.6) is 0 Å². The van der Waals surface area contributed by atoms with Crippen molar-refractivity contribution in [3.05, 3.63) is 35.6 Å². The van der Waals surface area contributed by atoms with Gasteiger partial charge in [-0.25, -0.2) is 0 Å². The topological polar surface area (TPSA) is 71.3 Å². The van der Waals surface area contributed by atoms with Crippen molar-refractivity contribution in [2.45, 2.75) is 80.6 Å². The SMILES string of the molecule is O=C(C1=CCCCCC1)N1CC[I-]C(c2noc(C3CCCCCC/C=C\N3)n2)C1. The molecule has 1 aromatic rings. The summed E-state index contributed by atoms with van der Waals surface area (Å²) in [5.41, 5.74) is 1.03. The first-order chi connectivity index (χ1) is 14.8. The molecule has 0 bridgehead atoms. The maximum atomic E-state index is 13.1. The molecule has 0 aromatic carbocycles. The Morgan fingerprint density at radius 1 is 1.13 bits per heavy atom. The number of hydrogen-bond donors (Lipinski definition) is 1. The molecule has 6 nitrogen and oxygen atoms in total. The molecule has 4 rings (SSSR count). The van der Waals surface area contributed by atoms with E-state index in [4.69, 9.17) is 9.51 Å². The number of aromatic nitrogens is 2. The predicted octanol–water partition coefficient (Wildman–Crippen LogP) is 1.43. The summed E-state index contributed by atoms with van der Waals surface area (Å²) in [7, 11) is 0. The number of amides is 1. The maximum absolute atomic E-state index is 13.1. The van der Waals surface area contributed by atoms with E-state index in [-0.39, 0.29) is 37.1 Å². The van der Waals surface area contributed by atoms with Gasteiger partial charge in [0.15, 0.2) is 0 Å². The van der Waals surface area contributed by atoms with Gasteiger partial charge in [0.1, 0.15) is 0 Å². The molecule has 3 heterocycles. The van der Waals surface area contributed by atoms with Crippen molar-refractivity contribution in [3.63, 3.8) is 0 Å². The minimum atomic E-state index is -0.0625. The van der Waals surface area contributed by atoms with Crippen LogP contribution in [-0.4, -0.2) is 38.5 Å². The zero-order valence-corrected chi connectivity index (χ0v) is 20.0. The molecular weight excluding hydrogens is 491 g/mol. The Hall–Kier alpha value is -1.38. The first-order valence-corrected chi connectivity index (χ1v) is 14.4. The fourth-order valence-corrected chi connectivity index (χ4v) is 7.40. The van der Waals surface area contributed by atoms with E-state index in [1.807, 2.05) is 11.1 Å². The van der Waals surface area contributed by atoms with E-state index in [2.05, 4.69) is 22.6 Å². The van der Waals surface area contributed by atoms with E-state index in [0.717, 1.165) is 61.0 Å². The summed E-state index contributed by atoms with van der Waals surface area (Å²) in [6, 6.07) is 0.0938. The summed E-state index contributed by atoms with van der Waals surface area (Å²) in [4.78, 5) is 19.9. The molecule has 3 aliphatic rings. The van der Waals surface area contributed by atoms with Crippen molar-refractivity contribution in [1.29, 1.82) is 0 Å². The van der Waals surface area contributed by atoms with E-state index in [0.29, 0.717) is 5.89 Å². The molecule has 0 saturated carbocycles. The Bertz CT molecular complexity index is 760. The summed E-state index contributed by atoms with van der Waals surface area (Å²) in [5, 5.41) is 7.82. The van der Waals surface area contributed by atoms with Gasteiger partial charge in [0.25, 0.3) is 0 Å². The second-order valence-electron chi connectivity index (χ2n) is 8.49. The number of alkyl halides is 2. The molecule has 1 amide bonds. The molecule has 0 spiro atoms. The van der Waals surface area contributed by atoms with Gasteiger partial charge < -0.3 is 0 Å². The number of rotatable bonds is 3. The molecule has 1 N–H and O–H groups in total. The molecule has 2 atom stereocenters. The molecule has 166 valence electrons. The van der Waals surface area contributed by atoms with Crippen LogP contribution in [0.25, 0.3) is 0 Å². The van der Waals surface area contributed by atoms with Crippen LogP contribution in [0.3, 0.4) is 0 Å². The molecule has 1 aliphatic carbocycles. The molecular formula is C23H34IN4O2-. The number of carbonyl (C=O) groups excluding carboxylic acids is 1. The zero-order chi connectivity index (χ0) is 20.6. The van der Waals surface area contributed by atoms with Crippen LogP contribution in [0.4, 0.5) is 0 Å². The van der Waals surface area contributed by atoms with Crippen LogP contribution in [0.2, 0.25) is 0 Å². The molecule has 1 fully saturated rings. The number of allylic oxidation sites excluding steroid dienone is 2. The predicted molar refractivity (Wildman–Crippen MR) is 112 cm³/mol. The van der Waals surface area contributed by atoms with Crippen molar-refractivity contribution in [2.75, 3.05) is 17.5 Å². The Morgan fingerprint density at radius 2 is 2.00 bits per heavy atom. The van der Waals surface area contributed by atoms with Crippen LogP contribution < -0.4 is 26.5 Å². The van der Waals surface area contributed by atoms with Gasteiger partial charge in [0, 0.05) is 0 Å². The summed E-state index contributed by atoms with van der Waals surface area (Å²) < 4.78 is 7.09. The normalized spacial score (nSPS) is 27.7. The zero-order valence-electron chi connectivity index (χ0n) is 17.8. The van der Waals surface area contributed by atoms with Crippen LogP contribution in [0, 0.1) is 0 Å². The average Bonchev–Trinajstić information content (AvgIpc) is 3.12. The van der Waals surface area contributed by atoms with Crippen molar-refractivity contribution in [1.82, 2.24) is 20.4 Å². The second-order valence-corrected chi connectivity index (χ2v) is 12.0. The van der Waals surface area contributed by atoms with Crippen molar-refractivity contribution < 1.29 is 30.5 Å². The number of carbonyl (C=O) groups is 1. The third-order valence-electron chi connectivity index (χ3n) is 6.20. The molecule has 2 unspecified atom stereocenters. The minimum absolute atomic E-state index is 0.0625. The van der Waals surface area contributed by atoms with Crippen molar-refractivity contribution >= 4 is 5.91 Å². The second kappa shape index (κ2) is 11.3. The summed E-state index contributed by atoms with van der Waals surface area (Å²) in [6.07, 6.45) is 19.1. The Morgan fingerprint density at radius 3 is 2.97 bits per heavy atom. The van der Waals surface area contributed by atoms with E-state index < -0.39 is 0 Å². The average molecular weight is 525 g/mol. The Kier molecular flexibility index (Phi) is 8.22. The van der Waals surface area contributed by atoms with Gasteiger partial charge in [0.2, 0.25) is 0 Å². The number of nitrogens with one attached hydrogen (secondary N) is 1. The van der Waals surface area contributed by atoms with Gasteiger partial charge in [-0.05, 0) is 0 Å². The first kappa shape index (κ1) is 21.8. The van der Waals surface area contributed by atoms with Gasteiger partial charge in [-0.3, -0.25) is 0 Å². The Balaban J connectivity index is 1.40. The Labute approximate surface area is 190 Å². The molecule has 1 aromatic heterocycles. The molecule has 30 heavy (non-hydrogen) atoms. The third kappa shape index (κ3) is 5.86. The first-order valence-electron chi connectivity index (χ1n) is 11.6. The summed E-state index contributed by atoms with van der Waals surface area (Å²) in [6.45, 7) is 1.64. The van der Waals surface area contributed by atoms with E-state index in [1.54, 1.807) is 0 Å². The van der Waals surface area contributed by atoms with E-state index in [1.165, 1.54) is 38.5 Å². The summed E-state index contributed by atoms with van der Waals surface area (Å²) >= 11 is -0.0625. The van der Waals surface area contributed by atoms with Gasteiger partial charge in [0.05, 0.1) is 0 Å². The molecule has 7 heteroatoms. The van der Waals surface area contributed by atoms with Crippen molar-refractivity contribution in [3.8, 4) is 0 Å². The molecule has 0 radical (unpaired) electrons. The fourth-order valence-electron chi connectivity index (χ4n) is 4.39. The molecule has 2 aliphatic heterocycles. The standard InChI is InChI=1S/C23H34IN4O2/c29-23(18-11-7-4-5-8-12-18)28-16-14-24-19(17-28)21-26-22(30-27-21)20-13-9-3-1-2-6-10-15-25-20/h10-11,15,19-20,25H,1-9,12-14,16-17H2/q-1/b15-10-. The number of nitrogens with zero attached hydrogens (tertiary/aromatic N) is 3. The van der Waals surface area contributed by atoms with Gasteiger partial charge >= 0.3 is 191 Å². The fraction of sp³-hybridized carbons (Fsp3) is 0.696. The third-order valence-corrected chi connectivity index (χ3v) is 9.32. The number of hydrogen-bond acceptors (Lipinski definition) is 5.